The molecule has 0 aliphatic carbocycles. The summed E-state index contributed by atoms with van der Waals surface area (Å²) in [5.74, 6) is -2.15. The summed E-state index contributed by atoms with van der Waals surface area (Å²) in [6, 6.07) is 12.2. The van der Waals surface area contributed by atoms with Crippen LogP contribution in [0.4, 0.5) is 8.78 Å². The Morgan fingerprint density at radius 2 is 1.92 bits per heavy atom. The fourth-order valence-electron chi connectivity index (χ4n) is 5.41. The summed E-state index contributed by atoms with van der Waals surface area (Å²) in [5.41, 5.74) is 1.51. The number of hydrogen-bond donors (Lipinski definition) is 3. The van der Waals surface area contributed by atoms with Gasteiger partial charge >= 0.3 is 0 Å². The van der Waals surface area contributed by atoms with Gasteiger partial charge in [0.15, 0.2) is 0 Å². The predicted molar refractivity (Wildman–Crippen MR) is 144 cm³/mol. The highest BCUT2D eigenvalue weighted by Gasteiger charge is 2.38. The van der Waals surface area contributed by atoms with Crippen molar-refractivity contribution >= 4 is 11.8 Å². The van der Waals surface area contributed by atoms with Crippen molar-refractivity contribution < 1.29 is 28.2 Å². The van der Waals surface area contributed by atoms with Crippen molar-refractivity contribution in [2.75, 3.05) is 19.6 Å². The average Bonchev–Trinajstić information content (AvgIpc) is 3.55. The Bertz CT molecular complexity index is 1080. The molecule has 5 atom stereocenters. The van der Waals surface area contributed by atoms with Crippen molar-refractivity contribution in [3.8, 4) is 0 Å². The summed E-state index contributed by atoms with van der Waals surface area (Å²) >= 11 is 0. The minimum absolute atomic E-state index is 0.0354. The van der Waals surface area contributed by atoms with Crippen molar-refractivity contribution in [2.45, 2.75) is 76.3 Å². The predicted octanol–water partition coefficient (Wildman–Crippen LogP) is 3.34. The van der Waals surface area contributed by atoms with E-state index in [1.807, 2.05) is 30.3 Å². The van der Waals surface area contributed by atoms with Crippen LogP contribution in [0.2, 0.25) is 0 Å². The Morgan fingerprint density at radius 3 is 2.64 bits per heavy atom. The first-order valence-electron chi connectivity index (χ1n) is 13.9. The monoisotopic (exact) mass is 543 g/mol. The second-order valence-corrected chi connectivity index (χ2v) is 10.7. The average molecular weight is 544 g/mol. The number of nitrogens with one attached hydrogen (secondary N) is 2. The first kappa shape index (κ1) is 29.1. The maximum atomic E-state index is 13.8. The zero-order chi connectivity index (χ0) is 27.8. The number of unbranched alkanes of at least 4 members (excludes halogenated alkanes) is 1. The minimum atomic E-state index is -0.953. The number of aliphatic hydroxyl groups excluding tert-OH is 1. The zero-order valence-electron chi connectivity index (χ0n) is 22.5. The van der Waals surface area contributed by atoms with Gasteiger partial charge in [-0.1, -0.05) is 43.7 Å². The Morgan fingerprint density at radius 1 is 1.18 bits per heavy atom. The van der Waals surface area contributed by atoms with Crippen LogP contribution in [-0.4, -0.2) is 65.7 Å². The number of benzene rings is 2. The number of hydrogen-bond acceptors (Lipinski definition) is 5. The molecule has 5 unspecified atom stereocenters. The number of aliphatic hydroxyl groups is 1. The van der Waals surface area contributed by atoms with Gasteiger partial charge in [0.1, 0.15) is 11.6 Å². The molecule has 0 bridgehead atoms. The van der Waals surface area contributed by atoms with Crippen LogP contribution in [-0.2, 0) is 27.4 Å². The lowest BCUT2D eigenvalue weighted by atomic mass is 9.94. The van der Waals surface area contributed by atoms with Gasteiger partial charge < -0.3 is 25.4 Å². The smallest absolute Gasteiger partial charge is 0.225 e. The molecule has 4 rings (SSSR count). The first-order chi connectivity index (χ1) is 18.8. The van der Waals surface area contributed by atoms with Gasteiger partial charge in [-0.3, -0.25) is 9.59 Å². The van der Waals surface area contributed by atoms with E-state index in [4.69, 9.17) is 4.74 Å². The van der Waals surface area contributed by atoms with Crippen LogP contribution in [0.1, 0.15) is 50.2 Å². The van der Waals surface area contributed by atoms with Crippen LogP contribution in [0.5, 0.6) is 0 Å². The van der Waals surface area contributed by atoms with Crippen molar-refractivity contribution in [2.24, 2.45) is 5.92 Å². The van der Waals surface area contributed by atoms with Crippen LogP contribution < -0.4 is 10.6 Å². The molecule has 2 fully saturated rings. The summed E-state index contributed by atoms with van der Waals surface area (Å²) in [6.07, 6.45) is 2.04. The second-order valence-electron chi connectivity index (χ2n) is 10.7. The van der Waals surface area contributed by atoms with E-state index in [9.17, 15) is 23.5 Å². The van der Waals surface area contributed by atoms with Crippen molar-refractivity contribution in [3.63, 3.8) is 0 Å². The Hall–Kier alpha value is -2.88. The molecule has 0 spiro atoms. The number of carbonyl (C=O) groups excluding carboxylic acids is 2. The number of aryl methyl sites for hydroxylation is 1. The molecule has 2 amide bonds. The molecule has 212 valence electrons. The standard InChI is InChI=1S/C30H39F2N3O4/c1-2-3-11-35-18-22(14-28(35)36)30(38)34-26(10-9-21-12-23(31)15-24(32)13-21)29(37)27-16-25(17-33-27)39-19-20-7-5-4-6-8-20/h4-8,12-13,15,22,25-27,29,33,37H,2-3,9-11,14,16-19H2,1H3,(H,34,38). The number of carbonyl (C=O) groups is 2. The molecule has 0 radical (unpaired) electrons. The second kappa shape index (κ2) is 14.0. The van der Waals surface area contributed by atoms with Crippen LogP contribution in [0.25, 0.3) is 0 Å². The molecule has 2 heterocycles. The summed E-state index contributed by atoms with van der Waals surface area (Å²) < 4.78 is 33.5. The third kappa shape index (κ3) is 8.30. The first-order valence-corrected chi connectivity index (χ1v) is 13.9. The highest BCUT2D eigenvalue weighted by atomic mass is 19.1. The number of nitrogens with zero attached hydrogens (tertiary/aromatic N) is 1. The van der Waals surface area contributed by atoms with E-state index < -0.39 is 29.7 Å². The lowest BCUT2D eigenvalue weighted by Crippen LogP contribution is -2.52. The molecule has 2 aromatic rings. The Kier molecular flexibility index (Phi) is 10.4. The van der Waals surface area contributed by atoms with Gasteiger partial charge in [0.05, 0.1) is 30.8 Å². The van der Waals surface area contributed by atoms with Crippen LogP contribution in [0.15, 0.2) is 48.5 Å². The van der Waals surface area contributed by atoms with Gasteiger partial charge in [-0.2, -0.15) is 0 Å². The molecular weight excluding hydrogens is 504 g/mol. The highest BCUT2D eigenvalue weighted by molar-refractivity contribution is 5.89. The molecule has 9 heteroatoms. The third-order valence-corrected chi connectivity index (χ3v) is 7.64. The summed E-state index contributed by atoms with van der Waals surface area (Å²) in [7, 11) is 0. The van der Waals surface area contributed by atoms with Crippen LogP contribution in [0.3, 0.4) is 0 Å². The molecule has 0 aromatic heterocycles. The summed E-state index contributed by atoms with van der Waals surface area (Å²) in [6.45, 7) is 4.07. The normalized spacial score (nSPS) is 22.7. The summed E-state index contributed by atoms with van der Waals surface area (Å²) in [4.78, 5) is 27.3. The maximum Gasteiger partial charge on any atom is 0.225 e. The number of halogens is 2. The number of ether oxygens (including phenoxy) is 1. The summed E-state index contributed by atoms with van der Waals surface area (Å²) in [5, 5.41) is 17.6. The van der Waals surface area contributed by atoms with E-state index in [2.05, 4.69) is 17.6 Å². The van der Waals surface area contributed by atoms with Gasteiger partial charge in [-0.25, -0.2) is 8.78 Å². The van der Waals surface area contributed by atoms with Crippen molar-refractivity contribution in [1.82, 2.24) is 15.5 Å². The zero-order valence-corrected chi connectivity index (χ0v) is 22.5. The van der Waals surface area contributed by atoms with Gasteiger partial charge in [0.25, 0.3) is 0 Å². The van der Waals surface area contributed by atoms with Crippen molar-refractivity contribution in [1.29, 1.82) is 0 Å². The molecule has 2 aliphatic rings. The molecule has 2 aromatic carbocycles. The van der Waals surface area contributed by atoms with E-state index in [-0.39, 0.29) is 43.2 Å². The van der Waals surface area contributed by atoms with E-state index in [0.29, 0.717) is 38.2 Å². The topological polar surface area (TPSA) is 90.9 Å². The number of rotatable bonds is 13. The number of amides is 2. The molecule has 39 heavy (non-hydrogen) atoms. The third-order valence-electron chi connectivity index (χ3n) is 7.64. The molecule has 7 nitrogen and oxygen atoms in total. The van der Waals surface area contributed by atoms with Gasteiger partial charge in [0, 0.05) is 38.2 Å². The SMILES string of the molecule is CCCCN1CC(C(=O)NC(CCc2cc(F)cc(F)c2)C(O)C2CC(OCc3ccccc3)CN2)CC1=O. The van der Waals surface area contributed by atoms with Crippen LogP contribution >= 0.6 is 0 Å². The van der Waals surface area contributed by atoms with Gasteiger partial charge in [0.2, 0.25) is 11.8 Å². The highest BCUT2D eigenvalue weighted by Crippen LogP contribution is 2.23. The quantitative estimate of drug-likeness (QED) is 0.361. The fraction of sp³-hybridized carbons (Fsp3) is 0.533. The van der Waals surface area contributed by atoms with Gasteiger partial charge in [-0.15, -0.1) is 0 Å². The molecule has 2 saturated heterocycles. The molecule has 0 saturated carbocycles. The Balaban J connectivity index is 1.39. The van der Waals surface area contributed by atoms with E-state index in [1.165, 1.54) is 12.1 Å². The fourth-order valence-corrected chi connectivity index (χ4v) is 5.41. The van der Waals surface area contributed by atoms with E-state index in [1.54, 1.807) is 4.90 Å². The lowest BCUT2D eigenvalue weighted by molar-refractivity contribution is -0.129. The number of likely N-dealkylation sites (tertiary alicyclic amines) is 1. The molecule has 3 N–H and O–H groups in total. The Labute approximate surface area is 228 Å². The molecular formula is C30H39F2N3O4. The lowest BCUT2D eigenvalue weighted by Gasteiger charge is -2.29. The minimum Gasteiger partial charge on any atom is -0.389 e. The largest absolute Gasteiger partial charge is 0.389 e. The van der Waals surface area contributed by atoms with Crippen molar-refractivity contribution in [3.05, 3.63) is 71.3 Å². The maximum absolute atomic E-state index is 13.8. The van der Waals surface area contributed by atoms with E-state index >= 15 is 0 Å². The molecule has 2 aliphatic heterocycles. The van der Waals surface area contributed by atoms with Gasteiger partial charge in [-0.05, 0) is 48.9 Å². The van der Waals surface area contributed by atoms with Crippen LogP contribution in [0, 0.1) is 17.6 Å². The van der Waals surface area contributed by atoms with E-state index in [0.717, 1.165) is 24.5 Å².